The standard InChI is InChI=1S/C20H22N4O/c1-3-14-7-5-6-8-15(14)12-21-18-10-9-16(13-22-18)20-23-17(4-2)11-19(25)24-20/h5-11,13H,3-4,12H2,1-2H3,(H,21,22)(H,23,24,25). The van der Waals surface area contributed by atoms with Crippen molar-refractivity contribution in [3.63, 3.8) is 0 Å². The van der Waals surface area contributed by atoms with Gasteiger partial charge in [0.1, 0.15) is 11.6 Å². The van der Waals surface area contributed by atoms with Gasteiger partial charge < -0.3 is 10.3 Å². The Morgan fingerprint density at radius 1 is 1.04 bits per heavy atom. The van der Waals surface area contributed by atoms with Gasteiger partial charge in [0.05, 0.1) is 0 Å². The van der Waals surface area contributed by atoms with E-state index < -0.39 is 0 Å². The van der Waals surface area contributed by atoms with Gasteiger partial charge in [-0.3, -0.25) is 4.79 Å². The highest BCUT2D eigenvalue weighted by Gasteiger charge is 2.05. The van der Waals surface area contributed by atoms with E-state index in [0.717, 1.165) is 36.5 Å². The highest BCUT2D eigenvalue weighted by molar-refractivity contribution is 5.56. The van der Waals surface area contributed by atoms with Gasteiger partial charge in [-0.25, -0.2) is 9.97 Å². The van der Waals surface area contributed by atoms with E-state index in [4.69, 9.17) is 0 Å². The highest BCUT2D eigenvalue weighted by atomic mass is 16.1. The highest BCUT2D eigenvalue weighted by Crippen LogP contribution is 2.16. The first kappa shape index (κ1) is 16.9. The number of hydrogen-bond acceptors (Lipinski definition) is 4. The van der Waals surface area contributed by atoms with E-state index >= 15 is 0 Å². The lowest BCUT2D eigenvalue weighted by molar-refractivity contribution is 0.985. The molecular weight excluding hydrogens is 312 g/mol. The van der Waals surface area contributed by atoms with E-state index in [9.17, 15) is 4.79 Å². The molecule has 0 saturated carbocycles. The SMILES string of the molecule is CCc1cc(=O)[nH]c(-c2ccc(NCc3ccccc3CC)nc2)n1. The maximum absolute atomic E-state index is 11.7. The molecule has 3 aromatic rings. The number of aromatic nitrogens is 3. The van der Waals surface area contributed by atoms with Crippen LogP contribution in [-0.4, -0.2) is 15.0 Å². The molecule has 0 bridgehead atoms. The monoisotopic (exact) mass is 334 g/mol. The van der Waals surface area contributed by atoms with E-state index in [0.29, 0.717) is 5.82 Å². The second-order valence-corrected chi connectivity index (χ2v) is 5.85. The summed E-state index contributed by atoms with van der Waals surface area (Å²) in [7, 11) is 0. The molecule has 2 aromatic heterocycles. The number of H-pyrrole nitrogens is 1. The van der Waals surface area contributed by atoms with Crippen LogP contribution in [0.15, 0.2) is 53.5 Å². The first-order chi connectivity index (χ1) is 12.2. The molecule has 0 unspecified atom stereocenters. The van der Waals surface area contributed by atoms with Crippen molar-refractivity contribution < 1.29 is 0 Å². The maximum atomic E-state index is 11.7. The van der Waals surface area contributed by atoms with Crippen molar-refractivity contribution in [2.45, 2.75) is 33.2 Å². The number of pyridine rings is 1. The van der Waals surface area contributed by atoms with Gasteiger partial charge in [0.15, 0.2) is 0 Å². The van der Waals surface area contributed by atoms with Crippen molar-refractivity contribution in [1.82, 2.24) is 15.0 Å². The topological polar surface area (TPSA) is 70.7 Å². The molecule has 1 aromatic carbocycles. The van der Waals surface area contributed by atoms with E-state index in [1.165, 1.54) is 17.2 Å². The molecule has 0 radical (unpaired) electrons. The second kappa shape index (κ2) is 7.75. The fraction of sp³-hybridized carbons (Fsp3) is 0.250. The third-order valence-electron chi connectivity index (χ3n) is 4.15. The first-order valence-electron chi connectivity index (χ1n) is 8.57. The Bertz CT molecular complexity index is 900. The summed E-state index contributed by atoms with van der Waals surface area (Å²) in [5, 5.41) is 3.34. The molecule has 0 atom stereocenters. The molecule has 0 saturated heterocycles. The average molecular weight is 334 g/mol. The molecule has 0 spiro atoms. The van der Waals surface area contributed by atoms with Crippen LogP contribution in [0.25, 0.3) is 11.4 Å². The minimum Gasteiger partial charge on any atom is -0.366 e. The number of hydrogen-bond donors (Lipinski definition) is 2. The smallest absolute Gasteiger partial charge is 0.251 e. The summed E-state index contributed by atoms with van der Waals surface area (Å²) in [5.74, 6) is 1.35. The van der Waals surface area contributed by atoms with Gasteiger partial charge in [0, 0.05) is 30.1 Å². The Labute approximate surface area is 147 Å². The summed E-state index contributed by atoms with van der Waals surface area (Å²) in [6.45, 7) is 4.87. The Morgan fingerprint density at radius 2 is 1.84 bits per heavy atom. The van der Waals surface area contributed by atoms with Gasteiger partial charge in [-0.1, -0.05) is 38.1 Å². The average Bonchev–Trinajstić information content (AvgIpc) is 2.66. The predicted octanol–water partition coefficient (Wildman–Crippen LogP) is 3.57. The number of nitrogens with one attached hydrogen (secondary N) is 2. The maximum Gasteiger partial charge on any atom is 0.251 e. The Morgan fingerprint density at radius 3 is 2.52 bits per heavy atom. The van der Waals surface area contributed by atoms with Gasteiger partial charge >= 0.3 is 0 Å². The second-order valence-electron chi connectivity index (χ2n) is 5.85. The lowest BCUT2D eigenvalue weighted by Crippen LogP contribution is -2.10. The molecule has 0 aliphatic carbocycles. The lowest BCUT2D eigenvalue weighted by atomic mass is 10.1. The van der Waals surface area contributed by atoms with Crippen LogP contribution in [0.4, 0.5) is 5.82 Å². The summed E-state index contributed by atoms with van der Waals surface area (Å²) in [6.07, 6.45) is 3.46. The van der Waals surface area contributed by atoms with Gasteiger partial charge in [-0.2, -0.15) is 0 Å². The van der Waals surface area contributed by atoms with Crippen LogP contribution in [0.1, 0.15) is 30.7 Å². The zero-order valence-electron chi connectivity index (χ0n) is 14.5. The number of rotatable bonds is 6. The van der Waals surface area contributed by atoms with E-state index in [2.05, 4.69) is 51.5 Å². The molecule has 3 rings (SSSR count). The zero-order valence-corrected chi connectivity index (χ0v) is 14.5. The van der Waals surface area contributed by atoms with Crippen LogP contribution in [0.2, 0.25) is 0 Å². The lowest BCUT2D eigenvalue weighted by Gasteiger charge is -2.10. The van der Waals surface area contributed by atoms with Crippen LogP contribution in [0.5, 0.6) is 0 Å². The largest absolute Gasteiger partial charge is 0.366 e. The van der Waals surface area contributed by atoms with Gasteiger partial charge in [0.2, 0.25) is 0 Å². The van der Waals surface area contributed by atoms with E-state index in [-0.39, 0.29) is 5.56 Å². The first-order valence-corrected chi connectivity index (χ1v) is 8.57. The third kappa shape index (κ3) is 4.12. The minimum atomic E-state index is -0.139. The van der Waals surface area contributed by atoms with Crippen molar-refractivity contribution >= 4 is 5.82 Å². The van der Waals surface area contributed by atoms with E-state index in [1.54, 1.807) is 6.20 Å². The molecule has 0 aliphatic heterocycles. The summed E-state index contributed by atoms with van der Waals surface area (Å²) < 4.78 is 0. The molecule has 5 heteroatoms. The van der Waals surface area contributed by atoms with E-state index in [1.807, 2.05) is 19.1 Å². The number of anilines is 1. The minimum absolute atomic E-state index is 0.139. The predicted molar refractivity (Wildman–Crippen MR) is 101 cm³/mol. The summed E-state index contributed by atoms with van der Waals surface area (Å²) >= 11 is 0. The molecule has 2 heterocycles. The van der Waals surface area contributed by atoms with Crippen LogP contribution in [0, 0.1) is 0 Å². The molecule has 0 amide bonds. The van der Waals surface area contributed by atoms with Gasteiger partial charge in [0.25, 0.3) is 5.56 Å². The Balaban J connectivity index is 1.74. The molecule has 0 aliphatic rings. The third-order valence-corrected chi connectivity index (χ3v) is 4.15. The quantitative estimate of drug-likeness (QED) is 0.723. The normalized spacial score (nSPS) is 10.6. The van der Waals surface area contributed by atoms with Crippen molar-refractivity contribution in [2.75, 3.05) is 5.32 Å². The molecule has 5 nitrogen and oxygen atoms in total. The van der Waals surface area contributed by atoms with Gasteiger partial charge in [-0.05, 0) is 36.1 Å². The summed E-state index contributed by atoms with van der Waals surface area (Å²) in [5.41, 5.74) is 4.05. The summed E-state index contributed by atoms with van der Waals surface area (Å²) in [4.78, 5) is 23.4. The van der Waals surface area contributed by atoms with Crippen molar-refractivity contribution in [2.24, 2.45) is 0 Å². The van der Waals surface area contributed by atoms with Crippen LogP contribution < -0.4 is 10.9 Å². The Hall–Kier alpha value is -2.95. The zero-order chi connectivity index (χ0) is 17.6. The fourth-order valence-corrected chi connectivity index (χ4v) is 2.72. The molecular formula is C20H22N4O. The number of benzene rings is 1. The van der Waals surface area contributed by atoms with Crippen molar-refractivity contribution in [3.8, 4) is 11.4 Å². The number of aryl methyl sites for hydroxylation is 2. The van der Waals surface area contributed by atoms with Crippen molar-refractivity contribution in [3.05, 3.63) is 75.8 Å². The van der Waals surface area contributed by atoms with Crippen LogP contribution >= 0.6 is 0 Å². The number of aromatic amines is 1. The van der Waals surface area contributed by atoms with Crippen LogP contribution in [0.3, 0.4) is 0 Å². The van der Waals surface area contributed by atoms with Crippen molar-refractivity contribution in [1.29, 1.82) is 0 Å². The van der Waals surface area contributed by atoms with Crippen LogP contribution in [-0.2, 0) is 19.4 Å². The molecule has 2 N–H and O–H groups in total. The van der Waals surface area contributed by atoms with Gasteiger partial charge in [-0.15, -0.1) is 0 Å². The Kier molecular flexibility index (Phi) is 5.23. The molecule has 128 valence electrons. The molecule has 0 fully saturated rings. The fourth-order valence-electron chi connectivity index (χ4n) is 2.72. The number of nitrogens with zero attached hydrogens (tertiary/aromatic N) is 2. The summed E-state index contributed by atoms with van der Waals surface area (Å²) in [6, 6.07) is 13.7. The molecule has 25 heavy (non-hydrogen) atoms.